The molecular formula is C23H24F3N5O2. The van der Waals surface area contributed by atoms with Gasteiger partial charge in [0.15, 0.2) is 5.65 Å². The lowest BCUT2D eigenvalue weighted by Crippen LogP contribution is -2.52. The highest BCUT2D eigenvalue weighted by Gasteiger charge is 2.36. The van der Waals surface area contributed by atoms with Crippen molar-refractivity contribution >= 4 is 11.2 Å². The van der Waals surface area contributed by atoms with E-state index in [4.69, 9.17) is 4.74 Å². The third-order valence-corrected chi connectivity index (χ3v) is 7.05. The summed E-state index contributed by atoms with van der Waals surface area (Å²) in [6.45, 7) is 3.53. The Morgan fingerprint density at radius 2 is 1.88 bits per heavy atom. The predicted octanol–water partition coefficient (Wildman–Crippen LogP) is 4.13. The maximum absolute atomic E-state index is 13.0. The topological polar surface area (TPSA) is 76.3 Å². The Labute approximate surface area is 188 Å². The standard InChI is InChI=1S/C23H24F3N5O2/c24-23(25,26)14-5-6-17(18(32)8-14)20-19(13-3-4-13)21-22(29-28-20)31(12-27-21)15-2-1-7-30(9-15)16-10-33-11-16/h5-6,8,12-13,15-16,32H,1-4,7,9-11H2/t15-/m1/s1. The van der Waals surface area contributed by atoms with Crippen LogP contribution in [0, 0.1) is 0 Å². The van der Waals surface area contributed by atoms with Crippen molar-refractivity contribution in [2.24, 2.45) is 0 Å². The van der Waals surface area contributed by atoms with Crippen molar-refractivity contribution in [2.45, 2.75) is 49.9 Å². The van der Waals surface area contributed by atoms with Crippen molar-refractivity contribution in [2.75, 3.05) is 26.3 Å². The molecule has 3 fully saturated rings. The number of piperidine rings is 1. The van der Waals surface area contributed by atoms with E-state index < -0.39 is 17.5 Å². The molecule has 1 aromatic carbocycles. The Kier molecular flexibility index (Phi) is 4.84. The van der Waals surface area contributed by atoms with Gasteiger partial charge in [0.1, 0.15) is 17.0 Å². The SMILES string of the molecule is Oc1cc(C(F)(F)F)ccc1-c1nnc2c(ncn2[C@@H]2CCCN(C3COC3)C2)c1C1CC1. The van der Waals surface area contributed by atoms with Crippen LogP contribution in [0.5, 0.6) is 5.75 Å². The number of rotatable bonds is 4. The molecule has 1 atom stereocenters. The van der Waals surface area contributed by atoms with E-state index in [2.05, 4.69) is 24.6 Å². The largest absolute Gasteiger partial charge is 0.507 e. The van der Waals surface area contributed by atoms with Crippen molar-refractivity contribution in [3.05, 3.63) is 35.7 Å². The van der Waals surface area contributed by atoms with Crippen molar-refractivity contribution in [3.63, 3.8) is 0 Å². The lowest BCUT2D eigenvalue weighted by molar-refractivity contribution is -0.137. The van der Waals surface area contributed by atoms with Gasteiger partial charge < -0.3 is 14.4 Å². The van der Waals surface area contributed by atoms with Crippen LogP contribution in [0.3, 0.4) is 0 Å². The van der Waals surface area contributed by atoms with E-state index >= 15 is 0 Å². The summed E-state index contributed by atoms with van der Waals surface area (Å²) in [6.07, 6.45) is 1.32. The first kappa shape index (κ1) is 20.9. The number of nitrogens with zero attached hydrogens (tertiary/aromatic N) is 5. The van der Waals surface area contributed by atoms with E-state index in [-0.39, 0.29) is 17.5 Å². The average Bonchev–Trinajstić information content (AvgIpc) is 3.49. The van der Waals surface area contributed by atoms with Crippen LogP contribution in [0.2, 0.25) is 0 Å². The average molecular weight is 459 g/mol. The van der Waals surface area contributed by atoms with Gasteiger partial charge in [-0.2, -0.15) is 13.2 Å². The molecule has 6 rings (SSSR count). The lowest BCUT2D eigenvalue weighted by atomic mass is 9.99. The molecule has 0 spiro atoms. The highest BCUT2D eigenvalue weighted by molar-refractivity contribution is 5.84. The van der Waals surface area contributed by atoms with Crippen molar-refractivity contribution in [1.29, 1.82) is 0 Å². The molecular weight excluding hydrogens is 435 g/mol. The molecule has 4 heterocycles. The first-order valence-electron chi connectivity index (χ1n) is 11.4. The van der Waals surface area contributed by atoms with Crippen LogP contribution in [-0.4, -0.2) is 62.1 Å². The third-order valence-electron chi connectivity index (χ3n) is 7.05. The van der Waals surface area contributed by atoms with Crippen LogP contribution in [0.4, 0.5) is 13.2 Å². The van der Waals surface area contributed by atoms with Gasteiger partial charge in [-0.15, -0.1) is 10.2 Å². The van der Waals surface area contributed by atoms with Gasteiger partial charge in [-0.1, -0.05) is 0 Å². The fourth-order valence-corrected chi connectivity index (χ4v) is 5.02. The van der Waals surface area contributed by atoms with Crippen LogP contribution in [0.1, 0.15) is 48.8 Å². The van der Waals surface area contributed by atoms with Crippen LogP contribution < -0.4 is 0 Å². The van der Waals surface area contributed by atoms with Gasteiger partial charge in [-0.3, -0.25) is 4.90 Å². The van der Waals surface area contributed by atoms with E-state index in [0.717, 1.165) is 75.2 Å². The number of phenols is 1. The monoisotopic (exact) mass is 459 g/mol. The summed E-state index contributed by atoms with van der Waals surface area (Å²) in [7, 11) is 0. The first-order valence-corrected chi connectivity index (χ1v) is 11.4. The van der Waals surface area contributed by atoms with E-state index in [1.54, 1.807) is 0 Å². The van der Waals surface area contributed by atoms with Crippen LogP contribution in [0.25, 0.3) is 22.4 Å². The predicted molar refractivity (Wildman–Crippen MR) is 114 cm³/mol. The molecule has 3 aliphatic rings. The third kappa shape index (κ3) is 3.65. The molecule has 0 amide bonds. The van der Waals surface area contributed by atoms with Crippen molar-refractivity contribution in [3.8, 4) is 17.0 Å². The zero-order valence-corrected chi connectivity index (χ0v) is 17.9. The summed E-state index contributed by atoms with van der Waals surface area (Å²) in [5.41, 5.74) is 2.07. The zero-order valence-electron chi connectivity index (χ0n) is 17.9. The van der Waals surface area contributed by atoms with E-state index in [1.165, 1.54) is 6.07 Å². The number of phenolic OH excluding ortho intramolecular Hbond substituents is 1. The second-order valence-corrected chi connectivity index (χ2v) is 9.27. The maximum atomic E-state index is 13.0. The number of likely N-dealkylation sites (tertiary alicyclic amines) is 1. The second-order valence-electron chi connectivity index (χ2n) is 9.27. The minimum absolute atomic E-state index is 0.220. The molecule has 1 aliphatic carbocycles. The van der Waals surface area contributed by atoms with Crippen LogP contribution >= 0.6 is 0 Å². The summed E-state index contributed by atoms with van der Waals surface area (Å²) in [4.78, 5) is 7.15. The first-order chi connectivity index (χ1) is 15.9. The fraction of sp³-hybridized carbons (Fsp3) is 0.522. The summed E-state index contributed by atoms with van der Waals surface area (Å²) in [5, 5.41) is 19.3. The number of halogens is 3. The molecule has 2 saturated heterocycles. The number of aromatic nitrogens is 4. The van der Waals surface area contributed by atoms with E-state index in [1.807, 2.05) is 6.33 Å². The number of fused-ring (bicyclic) bond motifs is 1. The molecule has 2 aliphatic heterocycles. The van der Waals surface area contributed by atoms with Crippen LogP contribution in [0.15, 0.2) is 24.5 Å². The van der Waals surface area contributed by atoms with E-state index in [0.29, 0.717) is 17.4 Å². The Bertz CT molecular complexity index is 1200. The highest BCUT2D eigenvalue weighted by Crippen LogP contribution is 2.48. The lowest BCUT2D eigenvalue weighted by Gasteiger charge is -2.42. The number of aromatic hydroxyl groups is 1. The number of hydrogen-bond donors (Lipinski definition) is 1. The van der Waals surface area contributed by atoms with Crippen molar-refractivity contribution < 1.29 is 23.0 Å². The molecule has 1 saturated carbocycles. The minimum atomic E-state index is -4.52. The van der Waals surface area contributed by atoms with Gasteiger partial charge in [0.25, 0.3) is 0 Å². The van der Waals surface area contributed by atoms with Gasteiger partial charge in [0.05, 0.1) is 31.1 Å². The fourth-order valence-electron chi connectivity index (χ4n) is 5.02. The summed E-state index contributed by atoms with van der Waals surface area (Å²) in [5.74, 6) is -0.233. The summed E-state index contributed by atoms with van der Waals surface area (Å²) < 4.78 is 46.6. The maximum Gasteiger partial charge on any atom is 0.416 e. The Morgan fingerprint density at radius 3 is 2.55 bits per heavy atom. The van der Waals surface area contributed by atoms with Crippen molar-refractivity contribution in [1.82, 2.24) is 24.6 Å². The van der Waals surface area contributed by atoms with E-state index in [9.17, 15) is 18.3 Å². The smallest absolute Gasteiger partial charge is 0.416 e. The molecule has 7 nitrogen and oxygen atoms in total. The molecule has 33 heavy (non-hydrogen) atoms. The number of benzene rings is 1. The number of imidazole rings is 1. The molecule has 10 heteroatoms. The molecule has 3 aromatic rings. The van der Waals surface area contributed by atoms with Gasteiger partial charge in [-0.05, 0) is 56.3 Å². The molecule has 1 N–H and O–H groups in total. The molecule has 0 radical (unpaired) electrons. The molecule has 2 aromatic heterocycles. The van der Waals surface area contributed by atoms with Gasteiger partial charge in [0.2, 0.25) is 0 Å². The normalized spacial score (nSPS) is 22.6. The quantitative estimate of drug-likeness (QED) is 0.632. The summed E-state index contributed by atoms with van der Waals surface area (Å²) >= 11 is 0. The number of ether oxygens (including phenoxy) is 1. The van der Waals surface area contributed by atoms with Gasteiger partial charge in [0, 0.05) is 23.7 Å². The zero-order chi connectivity index (χ0) is 22.7. The number of hydrogen-bond acceptors (Lipinski definition) is 6. The second kappa shape index (κ2) is 7.66. The highest BCUT2D eigenvalue weighted by atomic mass is 19.4. The van der Waals surface area contributed by atoms with Gasteiger partial charge >= 0.3 is 6.18 Å². The Hall–Kier alpha value is -2.72. The molecule has 0 bridgehead atoms. The Morgan fingerprint density at radius 1 is 1.06 bits per heavy atom. The minimum Gasteiger partial charge on any atom is -0.507 e. The summed E-state index contributed by atoms with van der Waals surface area (Å²) in [6, 6.07) is 3.70. The van der Waals surface area contributed by atoms with Crippen LogP contribution in [-0.2, 0) is 10.9 Å². The molecule has 0 unspecified atom stereocenters. The Balaban J connectivity index is 1.39. The van der Waals surface area contributed by atoms with Gasteiger partial charge in [-0.25, -0.2) is 4.98 Å². The molecule has 174 valence electrons. The number of alkyl halides is 3.